The zero-order valence-corrected chi connectivity index (χ0v) is 13.4. The molecular formula is C12H20N2O5S2. The number of nitrogens with two attached hydrogens (primary N) is 1. The van der Waals surface area contributed by atoms with Crippen LogP contribution in [0, 0.1) is 0 Å². The lowest BCUT2D eigenvalue weighted by Gasteiger charge is -2.10. The normalized spacial score (nSPS) is 12.5. The fourth-order valence-corrected chi connectivity index (χ4v) is 3.97. The molecule has 0 fully saturated rings. The summed E-state index contributed by atoms with van der Waals surface area (Å²) in [6.07, 6.45) is 1.90. The zero-order chi connectivity index (χ0) is 15.9. The molecule has 0 aliphatic rings. The summed E-state index contributed by atoms with van der Waals surface area (Å²) < 4.78 is 54.5. The van der Waals surface area contributed by atoms with Crippen LogP contribution >= 0.6 is 0 Å². The molecule has 0 aliphatic heterocycles. The molecule has 9 heteroatoms. The highest BCUT2D eigenvalue weighted by molar-refractivity contribution is 7.92. The number of unbranched alkanes of at least 4 members (excludes halogenated alkanes) is 1. The van der Waals surface area contributed by atoms with Gasteiger partial charge in [-0.25, -0.2) is 26.7 Å². The Morgan fingerprint density at radius 1 is 1.10 bits per heavy atom. The number of rotatable bonds is 9. The summed E-state index contributed by atoms with van der Waals surface area (Å²) in [5.41, 5.74) is 0. The fourth-order valence-electron chi connectivity index (χ4n) is 1.58. The number of nitrogens with one attached hydrogen (secondary N) is 1. The maximum absolute atomic E-state index is 12.1. The molecule has 1 rings (SSSR count). The Morgan fingerprint density at radius 2 is 1.71 bits per heavy atom. The largest absolute Gasteiger partial charge is 0.380 e. The molecule has 0 aromatic heterocycles. The van der Waals surface area contributed by atoms with E-state index in [1.54, 1.807) is 0 Å². The predicted molar refractivity (Wildman–Crippen MR) is 78.7 cm³/mol. The Balaban J connectivity index is 2.76. The second kappa shape index (κ2) is 7.85. The van der Waals surface area contributed by atoms with E-state index in [-0.39, 0.29) is 18.0 Å². The van der Waals surface area contributed by atoms with Gasteiger partial charge in [0, 0.05) is 13.2 Å². The van der Waals surface area contributed by atoms with Crippen molar-refractivity contribution in [2.45, 2.75) is 29.6 Å². The molecule has 120 valence electrons. The van der Waals surface area contributed by atoms with Gasteiger partial charge < -0.3 is 4.74 Å². The summed E-state index contributed by atoms with van der Waals surface area (Å²) in [6.45, 7) is 2.87. The SMILES string of the molecule is CCCCOCCNS(=O)(=O)c1ccccc1S(N)(=O)=O. The minimum Gasteiger partial charge on any atom is -0.380 e. The summed E-state index contributed by atoms with van der Waals surface area (Å²) in [6, 6.07) is 5.19. The predicted octanol–water partition coefficient (Wildman–Crippen LogP) is 0.429. The molecule has 0 heterocycles. The van der Waals surface area contributed by atoms with E-state index in [0.29, 0.717) is 6.61 Å². The standard InChI is InChI=1S/C12H20N2O5S2/c1-2-3-9-19-10-8-14-21(17,18)12-7-5-4-6-11(12)20(13,15)16/h4-7,14H,2-3,8-10H2,1H3,(H2,13,15,16). The molecule has 0 unspecified atom stereocenters. The molecule has 0 saturated carbocycles. The Labute approximate surface area is 125 Å². The van der Waals surface area contributed by atoms with Gasteiger partial charge in [-0.2, -0.15) is 0 Å². The molecule has 0 amide bonds. The highest BCUT2D eigenvalue weighted by atomic mass is 32.2. The van der Waals surface area contributed by atoms with Crippen LogP contribution in [0.5, 0.6) is 0 Å². The van der Waals surface area contributed by atoms with Gasteiger partial charge in [-0.15, -0.1) is 0 Å². The molecule has 0 radical (unpaired) electrons. The lowest BCUT2D eigenvalue weighted by molar-refractivity contribution is 0.136. The van der Waals surface area contributed by atoms with E-state index in [9.17, 15) is 16.8 Å². The van der Waals surface area contributed by atoms with E-state index in [1.165, 1.54) is 18.2 Å². The molecule has 3 N–H and O–H groups in total. The molecule has 0 saturated heterocycles. The Morgan fingerprint density at radius 3 is 2.29 bits per heavy atom. The molecule has 7 nitrogen and oxygen atoms in total. The Bertz CT molecular complexity index is 656. The number of benzene rings is 1. The Kier molecular flexibility index (Phi) is 6.75. The average molecular weight is 336 g/mol. The van der Waals surface area contributed by atoms with Gasteiger partial charge >= 0.3 is 0 Å². The van der Waals surface area contributed by atoms with E-state index in [2.05, 4.69) is 4.72 Å². The van der Waals surface area contributed by atoms with Crippen molar-refractivity contribution in [1.82, 2.24) is 4.72 Å². The third-order valence-corrected chi connectivity index (χ3v) is 5.24. The van der Waals surface area contributed by atoms with E-state index >= 15 is 0 Å². The molecule has 0 atom stereocenters. The second-order valence-electron chi connectivity index (χ2n) is 4.36. The van der Waals surface area contributed by atoms with Crippen molar-refractivity contribution in [3.8, 4) is 0 Å². The topological polar surface area (TPSA) is 116 Å². The van der Waals surface area contributed by atoms with Crippen LogP contribution in [0.3, 0.4) is 0 Å². The molecular weight excluding hydrogens is 316 g/mol. The second-order valence-corrected chi connectivity index (χ2v) is 7.62. The van der Waals surface area contributed by atoms with Gasteiger partial charge in [0.1, 0.15) is 9.79 Å². The maximum Gasteiger partial charge on any atom is 0.241 e. The van der Waals surface area contributed by atoms with Crippen molar-refractivity contribution in [1.29, 1.82) is 0 Å². The van der Waals surface area contributed by atoms with Crippen molar-refractivity contribution < 1.29 is 21.6 Å². The molecule has 21 heavy (non-hydrogen) atoms. The first kappa shape index (κ1) is 18.1. The van der Waals surface area contributed by atoms with Crippen LogP contribution in [0.4, 0.5) is 0 Å². The van der Waals surface area contributed by atoms with Crippen LogP contribution in [-0.2, 0) is 24.8 Å². The van der Waals surface area contributed by atoms with Gasteiger partial charge in [0.2, 0.25) is 20.0 Å². The monoisotopic (exact) mass is 336 g/mol. The van der Waals surface area contributed by atoms with E-state index in [1.807, 2.05) is 6.92 Å². The third kappa shape index (κ3) is 5.71. The van der Waals surface area contributed by atoms with Gasteiger partial charge in [0.25, 0.3) is 0 Å². The first-order chi connectivity index (χ1) is 9.79. The fraction of sp³-hybridized carbons (Fsp3) is 0.500. The van der Waals surface area contributed by atoms with Crippen molar-refractivity contribution in [2.24, 2.45) is 5.14 Å². The number of ether oxygens (including phenoxy) is 1. The van der Waals surface area contributed by atoms with E-state index in [4.69, 9.17) is 9.88 Å². The first-order valence-electron chi connectivity index (χ1n) is 6.48. The van der Waals surface area contributed by atoms with Crippen LogP contribution in [0.15, 0.2) is 34.1 Å². The van der Waals surface area contributed by atoms with Gasteiger partial charge in [-0.3, -0.25) is 0 Å². The van der Waals surface area contributed by atoms with E-state index in [0.717, 1.165) is 18.9 Å². The van der Waals surface area contributed by atoms with Crippen LogP contribution in [0.25, 0.3) is 0 Å². The van der Waals surface area contributed by atoms with Gasteiger partial charge in [0.05, 0.1) is 6.61 Å². The lowest BCUT2D eigenvalue weighted by atomic mass is 10.4. The minimum atomic E-state index is -4.11. The van der Waals surface area contributed by atoms with Crippen LogP contribution in [0.1, 0.15) is 19.8 Å². The lowest BCUT2D eigenvalue weighted by Crippen LogP contribution is -2.29. The molecule has 1 aromatic rings. The summed E-state index contributed by atoms with van der Waals surface area (Å²) in [4.78, 5) is -0.787. The minimum absolute atomic E-state index is 0.0605. The average Bonchev–Trinajstić information content (AvgIpc) is 2.42. The maximum atomic E-state index is 12.1. The zero-order valence-electron chi connectivity index (χ0n) is 11.8. The number of hydrogen-bond donors (Lipinski definition) is 2. The van der Waals surface area contributed by atoms with Crippen molar-refractivity contribution in [3.05, 3.63) is 24.3 Å². The number of hydrogen-bond acceptors (Lipinski definition) is 5. The first-order valence-corrected chi connectivity index (χ1v) is 9.51. The van der Waals surface area contributed by atoms with Gasteiger partial charge in [-0.1, -0.05) is 25.5 Å². The Hall–Kier alpha value is -1.00. The highest BCUT2D eigenvalue weighted by Crippen LogP contribution is 2.18. The van der Waals surface area contributed by atoms with Gasteiger partial charge in [-0.05, 0) is 18.6 Å². The highest BCUT2D eigenvalue weighted by Gasteiger charge is 2.23. The number of primary sulfonamides is 1. The molecule has 0 spiro atoms. The van der Waals surface area contributed by atoms with Crippen molar-refractivity contribution in [2.75, 3.05) is 19.8 Å². The summed E-state index contributed by atoms with van der Waals surface area (Å²) in [7, 11) is -8.07. The molecule has 1 aromatic carbocycles. The summed E-state index contributed by atoms with van der Waals surface area (Å²) in [5, 5.41) is 5.02. The smallest absolute Gasteiger partial charge is 0.241 e. The van der Waals surface area contributed by atoms with Crippen LogP contribution in [0.2, 0.25) is 0 Å². The van der Waals surface area contributed by atoms with Crippen molar-refractivity contribution in [3.63, 3.8) is 0 Å². The van der Waals surface area contributed by atoms with Crippen LogP contribution < -0.4 is 9.86 Å². The van der Waals surface area contributed by atoms with Gasteiger partial charge in [0.15, 0.2) is 0 Å². The quantitative estimate of drug-likeness (QED) is 0.634. The van der Waals surface area contributed by atoms with E-state index < -0.39 is 24.9 Å². The number of sulfonamides is 2. The van der Waals surface area contributed by atoms with Crippen molar-refractivity contribution >= 4 is 20.0 Å². The summed E-state index contributed by atoms with van der Waals surface area (Å²) in [5.74, 6) is 0. The summed E-state index contributed by atoms with van der Waals surface area (Å²) >= 11 is 0. The van der Waals surface area contributed by atoms with Crippen LogP contribution in [-0.4, -0.2) is 36.6 Å². The third-order valence-electron chi connectivity index (χ3n) is 2.63. The molecule has 0 aliphatic carbocycles. The molecule has 0 bridgehead atoms.